The van der Waals surface area contributed by atoms with Crippen LogP contribution < -0.4 is 26.8 Å². The largest absolute Gasteiger partial charge is 0.458 e. The lowest BCUT2D eigenvalue weighted by Crippen LogP contribution is -2.44. The van der Waals surface area contributed by atoms with Gasteiger partial charge in [0.25, 0.3) is 5.56 Å². The molecule has 9 rings (SSSR count). The van der Waals surface area contributed by atoms with Crippen molar-refractivity contribution in [3.05, 3.63) is 97.6 Å². The van der Waals surface area contributed by atoms with Gasteiger partial charge in [0, 0.05) is 93.5 Å². The summed E-state index contributed by atoms with van der Waals surface area (Å²) in [5.41, 5.74) is 2.69. The van der Waals surface area contributed by atoms with E-state index in [2.05, 4.69) is 33.1 Å². The zero-order chi connectivity index (χ0) is 81.4. The highest BCUT2D eigenvalue weighted by molar-refractivity contribution is 5.95. The number of Topliss-reactive ketones (excluding diaryl/α,β-unsaturated/α-hetero) is 3. The van der Waals surface area contributed by atoms with Crippen LogP contribution >= 0.6 is 0 Å². The Bertz CT molecular complexity index is 3930. The van der Waals surface area contributed by atoms with Gasteiger partial charge in [-0.1, -0.05) is 37.3 Å². The predicted octanol–water partition coefficient (Wildman–Crippen LogP) is 5.71. The zero-order valence-corrected chi connectivity index (χ0v) is 66.6. The second kappa shape index (κ2) is 49.9. The number of amides is 4. The molecule has 4 aromatic rings. The number of ether oxygens (including phenoxy) is 14. The quantitative estimate of drug-likeness (QED) is 0.0177. The molecule has 0 spiro atoms. The molecule has 632 valence electrons. The molecule has 4 heterocycles. The Morgan fingerprint density at radius 1 is 0.609 bits per heavy atom. The number of benzene rings is 2. The van der Waals surface area contributed by atoms with Crippen LogP contribution in [0.25, 0.3) is 22.3 Å². The van der Waals surface area contributed by atoms with E-state index in [0.29, 0.717) is 211 Å². The molecule has 2 aromatic carbocycles. The van der Waals surface area contributed by atoms with Gasteiger partial charge in [-0.15, -0.1) is 11.8 Å². The van der Waals surface area contributed by atoms with E-state index in [1.165, 1.54) is 10.6 Å². The van der Waals surface area contributed by atoms with E-state index >= 15 is 4.39 Å². The molecule has 0 bridgehead atoms. The van der Waals surface area contributed by atoms with Crippen molar-refractivity contribution in [2.24, 2.45) is 17.8 Å². The molecule has 0 saturated heterocycles. The van der Waals surface area contributed by atoms with E-state index in [1.807, 2.05) is 18.2 Å². The number of esters is 1. The SMILES string of the molecule is CC[C@@]1(O)C(=O)OCc2c1cc1n(c2=O)Cc2c-1nc1cc(F)c(C)c3c1c2[C@@H](CC(=O)CCCNC(=O)CCC(=O)[C@@H](Cc1ccccc1)NC(=O)CCC(=O)CNC(=O)CCOCCOCCOCCOCCOCCOCCOCCOCCOCCOCCOCCOCCNC(=O)OCC1[C@H]2CCC#CCC[C@@H]12)CC3. The zero-order valence-electron chi connectivity index (χ0n) is 66.6. The van der Waals surface area contributed by atoms with E-state index in [9.17, 15) is 48.3 Å². The standard InChI is InChI=1S/C84H115FN6O24/c1-3-84(101)69-52-73-80-66(55-91(73)81(98)68(69)57-114-82(84)99)78-60(17-19-63-58(2)70(85)53-72(90-80)79(63)78)51-61(92)14-11-24-86-75(95)22-20-74(94)71(50-59-12-7-6-8-13-59)89-77(97)21-18-62(93)54-88-76(96)23-26-102-28-30-104-32-34-106-36-38-108-40-42-110-44-46-112-48-49-113-47-45-111-43-41-109-39-37-107-35-33-105-31-29-103-27-25-87-83(100)115-56-67-64-15-9-4-5-10-16-65(64)67/h6-8,12-13,52-53,60,64-65,67,71,101H,3,9-11,14-51,54-57H2,1-2H3,(H,86,95)(H,87,100)(H,88,96)(H,89,97)/t60-,64-,65+,67?,71-,84+/m1/s1. The third kappa shape index (κ3) is 29.5. The summed E-state index contributed by atoms with van der Waals surface area (Å²) in [5, 5.41) is 23.0. The summed E-state index contributed by atoms with van der Waals surface area (Å²) in [6.07, 6.45) is 4.70. The minimum atomic E-state index is -2.03. The van der Waals surface area contributed by atoms with E-state index in [-0.39, 0.29) is 138 Å². The number of carbonyl (C=O) groups excluding carboxylic acids is 8. The molecular formula is C84H115FN6O24. The maximum absolute atomic E-state index is 15.5. The lowest BCUT2D eigenvalue weighted by molar-refractivity contribution is -0.172. The van der Waals surface area contributed by atoms with Crippen LogP contribution in [0.1, 0.15) is 142 Å². The first kappa shape index (κ1) is 90.8. The van der Waals surface area contributed by atoms with E-state index in [4.69, 9.17) is 71.3 Å². The van der Waals surface area contributed by atoms with Crippen LogP contribution in [0.2, 0.25) is 0 Å². The van der Waals surface area contributed by atoms with Gasteiger partial charge in [-0.05, 0) is 104 Å². The van der Waals surface area contributed by atoms with Gasteiger partial charge in [0.2, 0.25) is 17.7 Å². The summed E-state index contributed by atoms with van der Waals surface area (Å²) >= 11 is 0. The highest BCUT2D eigenvalue weighted by Crippen LogP contribution is 2.52. The van der Waals surface area contributed by atoms with Gasteiger partial charge in [-0.25, -0.2) is 19.0 Å². The molecule has 1 fully saturated rings. The smallest absolute Gasteiger partial charge is 0.407 e. The van der Waals surface area contributed by atoms with Crippen molar-refractivity contribution in [3.8, 4) is 23.2 Å². The molecule has 2 aliphatic heterocycles. The maximum Gasteiger partial charge on any atom is 0.407 e. The van der Waals surface area contributed by atoms with Crippen LogP contribution in [-0.4, -0.2) is 253 Å². The Hall–Kier alpha value is -8.07. The number of rotatable bonds is 60. The summed E-state index contributed by atoms with van der Waals surface area (Å²) in [4.78, 5) is 123. The maximum atomic E-state index is 15.5. The summed E-state index contributed by atoms with van der Waals surface area (Å²) in [6.45, 7) is 13.4. The first-order chi connectivity index (χ1) is 56.0. The van der Waals surface area contributed by atoms with Crippen LogP contribution in [0.5, 0.6) is 0 Å². The normalized spacial score (nSPS) is 17.8. The van der Waals surface area contributed by atoms with Crippen LogP contribution in [-0.2, 0) is 131 Å². The van der Waals surface area contributed by atoms with Gasteiger partial charge < -0.3 is 97.3 Å². The molecule has 31 heteroatoms. The van der Waals surface area contributed by atoms with Crippen LogP contribution in [0.4, 0.5) is 9.18 Å². The van der Waals surface area contributed by atoms with Gasteiger partial charge in [0.05, 0.1) is 207 Å². The number of aliphatic hydroxyl groups is 1. The van der Waals surface area contributed by atoms with Crippen LogP contribution in [0.15, 0.2) is 47.3 Å². The van der Waals surface area contributed by atoms with E-state index in [1.54, 1.807) is 32.0 Å². The third-order valence-corrected chi connectivity index (χ3v) is 21.0. The number of halogens is 1. The number of hydrogen-bond donors (Lipinski definition) is 5. The fourth-order valence-electron chi connectivity index (χ4n) is 14.6. The first-order valence-corrected chi connectivity index (χ1v) is 40.6. The number of carbonyl (C=O) groups is 8. The first-order valence-electron chi connectivity index (χ1n) is 40.6. The molecular weight excluding hydrogens is 1500 g/mol. The topological polar surface area (TPSA) is 369 Å². The monoisotopic (exact) mass is 1610 g/mol. The molecule has 0 radical (unpaired) electrons. The second-order valence-electron chi connectivity index (χ2n) is 28.9. The van der Waals surface area contributed by atoms with Crippen molar-refractivity contribution in [2.75, 3.05) is 185 Å². The Morgan fingerprint density at radius 2 is 1.15 bits per heavy atom. The van der Waals surface area contributed by atoms with Gasteiger partial charge in [-0.2, -0.15) is 0 Å². The summed E-state index contributed by atoms with van der Waals surface area (Å²) in [6, 6.07) is 11.0. The van der Waals surface area contributed by atoms with Gasteiger partial charge in [0.1, 0.15) is 18.2 Å². The number of aryl methyl sites for hydroxylation is 1. The number of alkyl carbamates (subject to hydrolysis) is 1. The molecule has 30 nitrogen and oxygen atoms in total. The molecule has 3 aliphatic carbocycles. The molecule has 5 N–H and O–H groups in total. The minimum Gasteiger partial charge on any atom is -0.458 e. The third-order valence-electron chi connectivity index (χ3n) is 21.0. The fraction of sp³-hybridized carbons (Fsp3) is 0.643. The molecule has 115 heavy (non-hydrogen) atoms. The Labute approximate surface area is 670 Å². The molecule has 5 aliphatic rings. The van der Waals surface area contributed by atoms with Gasteiger partial charge in [0.15, 0.2) is 17.2 Å². The summed E-state index contributed by atoms with van der Waals surface area (Å²) < 4.78 is 94.0. The number of nitrogens with one attached hydrogen (secondary N) is 4. The average molecular weight is 1610 g/mol. The Morgan fingerprint density at radius 3 is 1.71 bits per heavy atom. The highest BCUT2D eigenvalue weighted by Gasteiger charge is 2.50. The van der Waals surface area contributed by atoms with Gasteiger partial charge >= 0.3 is 12.1 Å². The fourth-order valence-corrected chi connectivity index (χ4v) is 14.6. The van der Waals surface area contributed by atoms with E-state index < -0.39 is 52.8 Å². The van der Waals surface area contributed by atoms with Crippen LogP contribution in [0, 0.1) is 42.3 Å². The predicted molar refractivity (Wildman–Crippen MR) is 416 cm³/mol. The summed E-state index contributed by atoms with van der Waals surface area (Å²) in [5.74, 6) is 4.41. The number of hydrogen-bond acceptors (Lipinski definition) is 25. The summed E-state index contributed by atoms with van der Waals surface area (Å²) in [7, 11) is 0. The number of pyridine rings is 2. The second-order valence-corrected chi connectivity index (χ2v) is 28.9. The average Bonchev–Trinajstić information content (AvgIpc) is 1.59. The number of nitrogens with zero attached hydrogens (tertiary/aromatic N) is 2. The number of fused-ring (bicyclic) bond motifs is 6. The van der Waals surface area contributed by atoms with Crippen molar-refractivity contribution in [1.82, 2.24) is 30.8 Å². The van der Waals surface area contributed by atoms with Crippen molar-refractivity contribution in [2.45, 2.75) is 147 Å². The molecule has 1 unspecified atom stereocenters. The highest BCUT2D eigenvalue weighted by atomic mass is 19.1. The lowest BCUT2D eigenvalue weighted by Gasteiger charge is -2.31. The van der Waals surface area contributed by atoms with Crippen LogP contribution in [0.3, 0.4) is 0 Å². The molecule has 6 atom stereocenters. The number of cyclic esters (lactones) is 1. The van der Waals surface area contributed by atoms with Crippen molar-refractivity contribution >= 4 is 58.0 Å². The van der Waals surface area contributed by atoms with Crippen molar-refractivity contribution in [3.63, 3.8) is 0 Å². The molecule has 4 amide bonds. The van der Waals surface area contributed by atoms with E-state index in [0.717, 1.165) is 53.3 Å². The molecule has 2 aromatic heterocycles. The Kier molecular flexibility index (Phi) is 39.4. The lowest BCUT2D eigenvalue weighted by atomic mass is 9.76. The Balaban J connectivity index is 0.506. The minimum absolute atomic E-state index is 0.00476. The number of ketones is 3. The van der Waals surface area contributed by atoms with Gasteiger partial charge in [-0.3, -0.25) is 33.6 Å². The van der Waals surface area contributed by atoms with Crippen molar-refractivity contribution in [1.29, 1.82) is 0 Å². The van der Waals surface area contributed by atoms with Crippen molar-refractivity contribution < 1.29 is 114 Å². The molecule has 1 saturated carbocycles. The number of aromatic nitrogens is 2.